The van der Waals surface area contributed by atoms with Crippen LogP contribution in [0.3, 0.4) is 0 Å². The summed E-state index contributed by atoms with van der Waals surface area (Å²) < 4.78 is 29.0. The highest BCUT2D eigenvalue weighted by molar-refractivity contribution is 7.91. The highest BCUT2D eigenvalue weighted by Crippen LogP contribution is 2.32. The van der Waals surface area contributed by atoms with Crippen LogP contribution in [0.5, 0.6) is 0 Å². The molecule has 1 saturated heterocycles. The van der Waals surface area contributed by atoms with Gasteiger partial charge >= 0.3 is 0 Å². The summed E-state index contributed by atoms with van der Waals surface area (Å²) in [5, 5.41) is 5.10. The molecule has 2 aromatic carbocycles. The van der Waals surface area contributed by atoms with Gasteiger partial charge in [-0.25, -0.2) is 8.42 Å². The van der Waals surface area contributed by atoms with Crippen LogP contribution in [0.4, 0.5) is 5.69 Å². The van der Waals surface area contributed by atoms with Gasteiger partial charge in [0, 0.05) is 23.8 Å². The molecule has 4 rings (SSSR count). The van der Waals surface area contributed by atoms with Crippen LogP contribution in [0, 0.1) is 0 Å². The Morgan fingerprint density at radius 1 is 1.04 bits per heavy atom. The monoisotopic (exact) mass is 406 g/mol. The zero-order valence-electron chi connectivity index (χ0n) is 14.1. The van der Waals surface area contributed by atoms with E-state index in [4.69, 9.17) is 11.6 Å². The summed E-state index contributed by atoms with van der Waals surface area (Å²) in [6, 6.07) is 17.4. The molecule has 26 heavy (non-hydrogen) atoms. The SMILES string of the molecule is O=S(=O)(c1cc2ccccc2s1)N1CCC(Nc2ccccc2Cl)CC1. The Balaban J connectivity index is 1.46. The number of nitrogens with one attached hydrogen (secondary N) is 1. The summed E-state index contributed by atoms with van der Waals surface area (Å²) in [6.45, 7) is 1.03. The minimum atomic E-state index is -3.43. The van der Waals surface area contributed by atoms with Crippen molar-refractivity contribution in [1.82, 2.24) is 4.31 Å². The first-order valence-corrected chi connectivity index (χ1v) is 11.2. The van der Waals surface area contributed by atoms with E-state index < -0.39 is 10.0 Å². The van der Waals surface area contributed by atoms with Gasteiger partial charge in [-0.3, -0.25) is 0 Å². The van der Waals surface area contributed by atoms with Crippen LogP contribution < -0.4 is 5.32 Å². The van der Waals surface area contributed by atoms with Gasteiger partial charge in [0.25, 0.3) is 10.0 Å². The smallest absolute Gasteiger partial charge is 0.252 e. The molecular formula is C19H19ClN2O2S2. The van der Waals surface area contributed by atoms with Crippen LogP contribution in [-0.2, 0) is 10.0 Å². The van der Waals surface area contributed by atoms with Gasteiger partial charge in [0.1, 0.15) is 4.21 Å². The summed E-state index contributed by atoms with van der Waals surface area (Å²) >= 11 is 7.54. The minimum Gasteiger partial charge on any atom is -0.381 e. The molecule has 136 valence electrons. The number of nitrogens with zero attached hydrogens (tertiary/aromatic N) is 1. The molecule has 1 aliphatic heterocycles. The maximum absolute atomic E-state index is 13.0. The van der Waals surface area contributed by atoms with Gasteiger partial charge in [-0.2, -0.15) is 4.31 Å². The Morgan fingerprint density at radius 3 is 2.46 bits per heavy atom. The van der Waals surface area contributed by atoms with Gasteiger partial charge in [0.2, 0.25) is 0 Å². The zero-order valence-corrected chi connectivity index (χ0v) is 16.4. The zero-order chi connectivity index (χ0) is 18.1. The first-order valence-electron chi connectivity index (χ1n) is 8.54. The van der Waals surface area contributed by atoms with Crippen molar-refractivity contribution in [3.63, 3.8) is 0 Å². The Hall–Kier alpha value is -1.60. The second-order valence-electron chi connectivity index (χ2n) is 6.41. The molecule has 3 aromatic rings. The number of sulfonamides is 1. The van der Waals surface area contributed by atoms with Gasteiger partial charge in [0.15, 0.2) is 0 Å². The number of piperidine rings is 1. The molecule has 0 atom stereocenters. The number of halogens is 1. The Labute approximate surface area is 162 Å². The van der Waals surface area contributed by atoms with Crippen molar-refractivity contribution in [3.8, 4) is 0 Å². The predicted molar refractivity (Wildman–Crippen MR) is 109 cm³/mol. The van der Waals surface area contributed by atoms with Crippen molar-refractivity contribution in [3.05, 3.63) is 59.6 Å². The van der Waals surface area contributed by atoms with Crippen molar-refractivity contribution < 1.29 is 8.42 Å². The van der Waals surface area contributed by atoms with E-state index in [1.807, 2.05) is 48.5 Å². The van der Waals surface area contributed by atoms with Crippen molar-refractivity contribution in [1.29, 1.82) is 0 Å². The summed E-state index contributed by atoms with van der Waals surface area (Å²) in [5.41, 5.74) is 0.903. The number of para-hydroxylation sites is 1. The lowest BCUT2D eigenvalue weighted by Gasteiger charge is -2.32. The topological polar surface area (TPSA) is 49.4 Å². The van der Waals surface area contributed by atoms with Crippen LogP contribution in [0.1, 0.15) is 12.8 Å². The molecule has 0 amide bonds. The Bertz CT molecular complexity index is 992. The third-order valence-corrected chi connectivity index (χ3v) is 8.48. The van der Waals surface area contributed by atoms with E-state index in [0.29, 0.717) is 22.3 Å². The molecule has 1 aromatic heterocycles. The number of anilines is 1. The molecule has 0 aliphatic carbocycles. The molecule has 7 heteroatoms. The first-order chi connectivity index (χ1) is 12.5. The lowest BCUT2D eigenvalue weighted by atomic mass is 10.1. The molecular weight excluding hydrogens is 388 g/mol. The van der Waals surface area contributed by atoms with Crippen molar-refractivity contribution in [2.45, 2.75) is 23.1 Å². The van der Waals surface area contributed by atoms with E-state index in [9.17, 15) is 8.42 Å². The molecule has 0 bridgehead atoms. The maximum atomic E-state index is 13.0. The van der Waals surface area contributed by atoms with E-state index in [0.717, 1.165) is 28.6 Å². The summed E-state index contributed by atoms with van der Waals surface area (Å²) in [6.07, 6.45) is 1.52. The van der Waals surface area contributed by atoms with Crippen molar-refractivity contribution in [2.75, 3.05) is 18.4 Å². The predicted octanol–water partition coefficient (Wildman–Crippen LogP) is 4.82. The quantitative estimate of drug-likeness (QED) is 0.675. The van der Waals surface area contributed by atoms with Gasteiger partial charge in [-0.1, -0.05) is 41.9 Å². The summed E-state index contributed by atoms with van der Waals surface area (Å²) in [5.74, 6) is 0. The van der Waals surface area contributed by atoms with Crippen LogP contribution in [-0.4, -0.2) is 31.9 Å². The van der Waals surface area contributed by atoms with E-state index in [1.165, 1.54) is 11.3 Å². The maximum Gasteiger partial charge on any atom is 0.252 e. The molecule has 0 spiro atoms. The van der Waals surface area contributed by atoms with E-state index >= 15 is 0 Å². The number of hydrogen-bond acceptors (Lipinski definition) is 4. The number of thiophene rings is 1. The number of fused-ring (bicyclic) bond motifs is 1. The fourth-order valence-electron chi connectivity index (χ4n) is 3.25. The van der Waals surface area contributed by atoms with Crippen molar-refractivity contribution >= 4 is 48.7 Å². The fraction of sp³-hybridized carbons (Fsp3) is 0.263. The second-order valence-corrected chi connectivity index (χ2v) is 10.1. The van der Waals surface area contributed by atoms with E-state index in [-0.39, 0.29) is 6.04 Å². The Kier molecular flexibility index (Phi) is 4.92. The lowest BCUT2D eigenvalue weighted by molar-refractivity contribution is 0.330. The van der Waals surface area contributed by atoms with Crippen LogP contribution in [0.15, 0.2) is 58.8 Å². The van der Waals surface area contributed by atoms with Gasteiger partial charge in [-0.05, 0) is 42.5 Å². The molecule has 1 N–H and O–H groups in total. The van der Waals surface area contributed by atoms with Gasteiger partial charge < -0.3 is 5.32 Å². The normalized spacial score (nSPS) is 16.8. The number of rotatable bonds is 4. The highest BCUT2D eigenvalue weighted by atomic mass is 35.5. The van der Waals surface area contributed by atoms with E-state index in [2.05, 4.69) is 5.32 Å². The summed E-state index contributed by atoms with van der Waals surface area (Å²) in [7, 11) is -3.43. The number of hydrogen-bond donors (Lipinski definition) is 1. The highest BCUT2D eigenvalue weighted by Gasteiger charge is 2.30. The third kappa shape index (κ3) is 3.47. The fourth-order valence-corrected chi connectivity index (χ4v) is 6.46. The first kappa shape index (κ1) is 17.8. The van der Waals surface area contributed by atoms with Gasteiger partial charge in [0.05, 0.1) is 10.7 Å². The molecule has 0 saturated carbocycles. The molecule has 4 nitrogen and oxygen atoms in total. The van der Waals surface area contributed by atoms with Crippen molar-refractivity contribution in [2.24, 2.45) is 0 Å². The summed E-state index contributed by atoms with van der Waals surface area (Å²) in [4.78, 5) is 0. The molecule has 0 unspecified atom stereocenters. The molecule has 2 heterocycles. The largest absolute Gasteiger partial charge is 0.381 e. The van der Waals surface area contributed by atoms with E-state index in [1.54, 1.807) is 10.4 Å². The Morgan fingerprint density at radius 2 is 1.73 bits per heavy atom. The van der Waals surface area contributed by atoms with Crippen LogP contribution in [0.25, 0.3) is 10.1 Å². The molecule has 0 radical (unpaired) electrons. The lowest BCUT2D eigenvalue weighted by Crippen LogP contribution is -2.42. The van der Waals surface area contributed by atoms with Crippen LogP contribution >= 0.6 is 22.9 Å². The van der Waals surface area contributed by atoms with Gasteiger partial charge in [-0.15, -0.1) is 11.3 Å². The average Bonchev–Trinajstić information content (AvgIpc) is 3.09. The molecule has 1 aliphatic rings. The third-order valence-electron chi connectivity index (χ3n) is 4.68. The second kappa shape index (κ2) is 7.19. The average molecular weight is 407 g/mol. The number of benzene rings is 2. The molecule has 1 fully saturated rings. The minimum absolute atomic E-state index is 0.226. The van der Waals surface area contributed by atoms with Crippen LogP contribution in [0.2, 0.25) is 5.02 Å². The standard InChI is InChI=1S/C19H19ClN2O2S2/c20-16-6-2-3-7-17(16)21-15-9-11-22(12-10-15)26(23,24)19-13-14-5-1-4-8-18(14)25-19/h1-8,13,15,21H,9-12H2.